The second-order valence-corrected chi connectivity index (χ2v) is 9.24. The molecule has 0 aliphatic heterocycles. The highest BCUT2D eigenvalue weighted by Gasteiger charge is 2.20. The molecule has 178 valence electrons. The Balaban J connectivity index is 1.71. The first-order chi connectivity index (χ1) is 16.6. The van der Waals surface area contributed by atoms with Crippen molar-refractivity contribution in [2.45, 2.75) is 11.8 Å². The molecule has 0 saturated carbocycles. The summed E-state index contributed by atoms with van der Waals surface area (Å²) in [5.74, 6) is -0.642. The van der Waals surface area contributed by atoms with Gasteiger partial charge < -0.3 is 5.73 Å². The Morgan fingerprint density at radius 3 is 2.54 bits per heavy atom. The van der Waals surface area contributed by atoms with Crippen molar-refractivity contribution in [1.29, 1.82) is 0 Å². The first-order valence-electron chi connectivity index (χ1n) is 9.95. The number of benzene rings is 3. The largest absolute Gasteiger partial charge is 0.368 e. The van der Waals surface area contributed by atoms with Crippen molar-refractivity contribution in [2.24, 2.45) is 10.7 Å². The summed E-state index contributed by atoms with van der Waals surface area (Å²) in [5.41, 5.74) is 9.35. The minimum atomic E-state index is -4.17. The molecule has 0 radical (unpaired) electrons. The minimum absolute atomic E-state index is 0.0825. The lowest BCUT2D eigenvalue weighted by Crippen LogP contribution is -2.33. The van der Waals surface area contributed by atoms with Crippen LogP contribution in [0.1, 0.15) is 5.56 Å². The monoisotopic (exact) mass is 512 g/mol. The predicted octanol–water partition coefficient (Wildman–Crippen LogP) is 4.02. The number of guanidine groups is 1. The number of nitrogens with zero attached hydrogens (tertiary/aromatic N) is 4. The lowest BCUT2D eigenvalue weighted by atomic mass is 10.0. The summed E-state index contributed by atoms with van der Waals surface area (Å²) in [4.78, 5) is 23.5. The van der Waals surface area contributed by atoms with E-state index in [9.17, 15) is 18.5 Å². The summed E-state index contributed by atoms with van der Waals surface area (Å²) in [6.07, 6.45) is 0. The fraction of sp³-hybridized carbons (Fsp3) is 0.0455. The van der Waals surface area contributed by atoms with Gasteiger partial charge in [-0.1, -0.05) is 41.4 Å². The Hall–Kier alpha value is -4.13. The summed E-state index contributed by atoms with van der Waals surface area (Å²) in [6, 6.07) is 16.8. The molecular formula is C22H17ClN6O5S. The number of aromatic nitrogens is 2. The van der Waals surface area contributed by atoms with Gasteiger partial charge in [-0.25, -0.2) is 15.4 Å². The van der Waals surface area contributed by atoms with Crippen LogP contribution in [0, 0.1) is 17.0 Å². The molecule has 3 N–H and O–H groups in total. The normalized spacial score (nSPS) is 12.0. The van der Waals surface area contributed by atoms with Gasteiger partial charge in [0.25, 0.3) is 11.6 Å². The molecule has 0 aliphatic rings. The van der Waals surface area contributed by atoms with Crippen LogP contribution in [0.3, 0.4) is 0 Å². The number of aryl methyl sites for hydroxylation is 1. The van der Waals surface area contributed by atoms with Crippen LogP contribution in [0.2, 0.25) is 5.02 Å². The van der Waals surface area contributed by atoms with Crippen LogP contribution in [0.4, 0.5) is 11.6 Å². The first-order valence-corrected chi connectivity index (χ1v) is 11.7. The molecule has 1 aromatic heterocycles. The number of aliphatic imine (C=N–C) groups is 1. The maximum Gasteiger partial charge on any atom is 0.317 e. The molecular weight excluding hydrogens is 496 g/mol. The van der Waals surface area contributed by atoms with Gasteiger partial charge in [-0.15, -0.1) is 4.28 Å². The Kier molecular flexibility index (Phi) is 6.60. The van der Waals surface area contributed by atoms with Crippen LogP contribution >= 0.6 is 11.6 Å². The maximum absolute atomic E-state index is 12.3. The Morgan fingerprint density at radius 2 is 1.83 bits per heavy atom. The second kappa shape index (κ2) is 9.62. The fourth-order valence-corrected chi connectivity index (χ4v) is 4.09. The number of nitrogens with two attached hydrogens (primary N) is 1. The van der Waals surface area contributed by atoms with E-state index in [1.165, 1.54) is 30.3 Å². The zero-order valence-electron chi connectivity index (χ0n) is 18.0. The number of para-hydroxylation sites is 1. The third-order valence-electron chi connectivity index (χ3n) is 4.79. The second-order valence-electron chi connectivity index (χ2n) is 7.26. The molecule has 4 rings (SSSR count). The van der Waals surface area contributed by atoms with E-state index in [1.54, 1.807) is 36.4 Å². The summed E-state index contributed by atoms with van der Waals surface area (Å²) in [5, 5.41) is 12.4. The average molecular weight is 513 g/mol. The summed E-state index contributed by atoms with van der Waals surface area (Å²) < 4.78 is 29.5. The molecule has 13 heteroatoms. The van der Waals surface area contributed by atoms with E-state index in [4.69, 9.17) is 21.6 Å². The number of hydrogen-bond donors (Lipinski definition) is 2. The number of fused-ring (bicyclic) bond motifs is 1. The van der Waals surface area contributed by atoms with Crippen molar-refractivity contribution < 1.29 is 17.6 Å². The lowest BCUT2D eigenvalue weighted by molar-refractivity contribution is -0.384. The molecule has 0 amide bonds. The summed E-state index contributed by atoms with van der Waals surface area (Å²) >= 11 is 6.13. The van der Waals surface area contributed by atoms with Crippen LogP contribution in [0.25, 0.3) is 22.2 Å². The first kappa shape index (κ1) is 24.0. The molecule has 0 spiro atoms. The van der Waals surface area contributed by atoms with Crippen molar-refractivity contribution >= 4 is 50.2 Å². The number of nitro benzene ring substituents is 1. The Morgan fingerprint density at radius 1 is 1.11 bits per heavy atom. The molecule has 0 bridgehead atoms. The van der Waals surface area contributed by atoms with Gasteiger partial charge in [0.15, 0.2) is 0 Å². The standard InChI is InChI=1S/C22H17ClN6O5S/c1-13-6-9-15(10-7-13)35(32,33)34-28-21(24)27-22-25-18-11-8-14(23)12-17(18)20(26-22)16-4-2-3-5-19(16)29(30)31/h2-12H,1H3,(H3,24,25,26,27,28). The maximum atomic E-state index is 12.3. The number of halogens is 1. The van der Waals surface area contributed by atoms with Gasteiger partial charge in [-0.2, -0.15) is 13.4 Å². The fourth-order valence-electron chi connectivity index (χ4n) is 3.16. The number of nitrogens with one attached hydrogen (secondary N) is 1. The van der Waals surface area contributed by atoms with Gasteiger partial charge in [0, 0.05) is 16.5 Å². The molecule has 0 atom stereocenters. The van der Waals surface area contributed by atoms with E-state index in [0.717, 1.165) is 5.56 Å². The van der Waals surface area contributed by atoms with Gasteiger partial charge in [-0.3, -0.25) is 10.1 Å². The molecule has 0 saturated heterocycles. The Labute approximate surface area is 204 Å². The van der Waals surface area contributed by atoms with E-state index in [2.05, 4.69) is 20.4 Å². The van der Waals surface area contributed by atoms with Gasteiger partial charge >= 0.3 is 10.1 Å². The van der Waals surface area contributed by atoms with E-state index in [1.807, 2.05) is 6.92 Å². The minimum Gasteiger partial charge on any atom is -0.368 e. The zero-order chi connectivity index (χ0) is 25.2. The third kappa shape index (κ3) is 5.35. The number of rotatable bonds is 6. The average Bonchev–Trinajstić information content (AvgIpc) is 2.83. The number of nitro groups is 1. The zero-order valence-corrected chi connectivity index (χ0v) is 19.6. The molecule has 4 aromatic rings. The Bertz CT molecular complexity index is 1580. The van der Waals surface area contributed by atoms with Crippen LogP contribution in [0.5, 0.6) is 0 Å². The van der Waals surface area contributed by atoms with Crippen molar-refractivity contribution in [1.82, 2.24) is 15.4 Å². The number of hydroxylamine groups is 1. The summed E-state index contributed by atoms with van der Waals surface area (Å²) in [6.45, 7) is 1.82. The van der Waals surface area contributed by atoms with E-state index in [0.29, 0.717) is 15.9 Å². The van der Waals surface area contributed by atoms with Crippen LogP contribution in [-0.2, 0) is 14.4 Å². The molecule has 0 unspecified atom stereocenters. The van der Waals surface area contributed by atoms with Gasteiger partial charge in [0.1, 0.15) is 0 Å². The van der Waals surface area contributed by atoms with Gasteiger partial charge in [-0.05, 0) is 43.3 Å². The third-order valence-corrected chi connectivity index (χ3v) is 6.18. The highest BCUT2D eigenvalue weighted by atomic mass is 35.5. The molecule has 11 nitrogen and oxygen atoms in total. The molecule has 0 fully saturated rings. The predicted molar refractivity (Wildman–Crippen MR) is 131 cm³/mol. The van der Waals surface area contributed by atoms with E-state index < -0.39 is 21.0 Å². The van der Waals surface area contributed by atoms with Crippen LogP contribution < -0.4 is 11.2 Å². The SMILES string of the molecule is Cc1ccc(S(=O)(=O)ONC(N)=Nc2nc(-c3ccccc3[N+](=O)[O-])c3cc(Cl)ccc3n2)cc1. The lowest BCUT2D eigenvalue weighted by Gasteiger charge is -2.09. The molecule has 0 aliphatic carbocycles. The summed E-state index contributed by atoms with van der Waals surface area (Å²) in [7, 11) is -4.17. The highest BCUT2D eigenvalue weighted by molar-refractivity contribution is 7.86. The highest BCUT2D eigenvalue weighted by Crippen LogP contribution is 2.35. The van der Waals surface area contributed by atoms with Gasteiger partial charge in [0.05, 0.1) is 26.6 Å². The molecule has 35 heavy (non-hydrogen) atoms. The smallest absolute Gasteiger partial charge is 0.317 e. The topological polar surface area (TPSA) is 163 Å². The van der Waals surface area contributed by atoms with E-state index in [-0.39, 0.29) is 27.8 Å². The van der Waals surface area contributed by atoms with Gasteiger partial charge in [0.2, 0.25) is 5.96 Å². The molecule has 1 heterocycles. The van der Waals surface area contributed by atoms with Crippen LogP contribution in [-0.4, -0.2) is 29.3 Å². The van der Waals surface area contributed by atoms with Crippen molar-refractivity contribution in [3.63, 3.8) is 0 Å². The van der Waals surface area contributed by atoms with Crippen LogP contribution in [0.15, 0.2) is 76.6 Å². The van der Waals surface area contributed by atoms with Crippen molar-refractivity contribution in [3.05, 3.63) is 87.4 Å². The number of hydrogen-bond acceptors (Lipinski definition) is 8. The van der Waals surface area contributed by atoms with Crippen molar-refractivity contribution in [2.75, 3.05) is 0 Å². The van der Waals surface area contributed by atoms with Crippen molar-refractivity contribution in [3.8, 4) is 11.3 Å². The quantitative estimate of drug-likeness (QED) is 0.168. The molecule has 3 aromatic carbocycles. The van der Waals surface area contributed by atoms with E-state index >= 15 is 0 Å².